The predicted molar refractivity (Wildman–Crippen MR) is 122 cm³/mol. The number of amides is 2. The number of sulfonamides is 1. The third-order valence-corrected chi connectivity index (χ3v) is 7.09. The van der Waals surface area contributed by atoms with Crippen LogP contribution in [0.15, 0.2) is 51.9 Å². The Morgan fingerprint density at radius 1 is 1.20 bits per heavy atom. The van der Waals surface area contributed by atoms with Crippen LogP contribution < -0.4 is 19.7 Å². The topological polar surface area (TPSA) is 151 Å². The fourth-order valence-electron chi connectivity index (χ4n) is 3.68. The van der Waals surface area contributed by atoms with Gasteiger partial charge in [-0.15, -0.1) is 0 Å². The largest absolute Gasteiger partial charge is 0.484 e. The zero-order valence-electron chi connectivity index (χ0n) is 18.6. The van der Waals surface area contributed by atoms with Crippen LogP contribution in [0.1, 0.15) is 21.8 Å². The molecule has 3 N–H and O–H groups in total. The summed E-state index contributed by atoms with van der Waals surface area (Å²) in [5.41, 5.74) is 0.911. The van der Waals surface area contributed by atoms with Gasteiger partial charge in [0.25, 0.3) is 15.9 Å². The molecule has 1 aromatic heterocycles. The number of rotatable bonds is 6. The van der Waals surface area contributed by atoms with Crippen LogP contribution in [0, 0.1) is 19.7 Å². The van der Waals surface area contributed by atoms with E-state index in [1.165, 1.54) is 18.2 Å². The van der Waals surface area contributed by atoms with E-state index in [0.717, 1.165) is 28.6 Å². The number of benzene rings is 2. The summed E-state index contributed by atoms with van der Waals surface area (Å²) < 4.78 is 52.3. The van der Waals surface area contributed by atoms with Gasteiger partial charge in [0, 0.05) is 5.69 Å². The van der Waals surface area contributed by atoms with Gasteiger partial charge in [-0.25, -0.2) is 17.6 Å². The first kappa shape index (κ1) is 24.0. The van der Waals surface area contributed by atoms with E-state index in [0.29, 0.717) is 11.5 Å². The maximum Gasteiger partial charge on any atom is 0.409 e. The molecule has 13 heteroatoms. The molecule has 1 unspecified atom stereocenters. The van der Waals surface area contributed by atoms with Crippen LogP contribution in [0.2, 0.25) is 0 Å². The SMILES string of the molecule is Cc1noc(C)c1C(=O)NCC1CN(S(=O)(=O)c2ccc(F)cc2)c2cc(NC(=O)O)ccc2O1. The first-order chi connectivity index (χ1) is 16.6. The second-order valence-electron chi connectivity index (χ2n) is 7.75. The first-order valence-electron chi connectivity index (χ1n) is 10.4. The van der Waals surface area contributed by atoms with Crippen molar-refractivity contribution in [3.05, 3.63) is 65.3 Å². The van der Waals surface area contributed by atoms with Gasteiger partial charge in [-0.1, -0.05) is 5.16 Å². The van der Waals surface area contributed by atoms with Crippen molar-refractivity contribution in [3.63, 3.8) is 0 Å². The molecule has 1 aliphatic heterocycles. The molecule has 3 aromatic rings. The Bertz CT molecular complexity index is 1370. The molecule has 2 amide bonds. The molecule has 11 nitrogen and oxygen atoms in total. The lowest BCUT2D eigenvalue weighted by Crippen LogP contribution is -2.48. The summed E-state index contributed by atoms with van der Waals surface area (Å²) in [6.07, 6.45) is -2.12. The molecule has 0 radical (unpaired) electrons. The van der Waals surface area contributed by atoms with Gasteiger partial charge in [-0.3, -0.25) is 14.4 Å². The van der Waals surface area contributed by atoms with Gasteiger partial charge in [0.05, 0.1) is 29.4 Å². The van der Waals surface area contributed by atoms with Crippen molar-refractivity contribution in [2.24, 2.45) is 0 Å². The monoisotopic (exact) mass is 504 g/mol. The summed E-state index contributed by atoms with van der Waals surface area (Å²) in [5.74, 6) is -0.549. The number of hydrogen-bond acceptors (Lipinski definition) is 7. The van der Waals surface area contributed by atoms with E-state index < -0.39 is 33.9 Å². The van der Waals surface area contributed by atoms with E-state index in [1.807, 2.05) is 0 Å². The van der Waals surface area contributed by atoms with Crippen molar-refractivity contribution < 1.29 is 36.8 Å². The highest BCUT2D eigenvalue weighted by Crippen LogP contribution is 2.39. The Morgan fingerprint density at radius 2 is 1.91 bits per heavy atom. The van der Waals surface area contributed by atoms with Gasteiger partial charge in [0.2, 0.25) is 0 Å². The molecule has 1 aliphatic rings. The number of ether oxygens (including phenoxy) is 1. The highest BCUT2D eigenvalue weighted by molar-refractivity contribution is 7.92. The molecular formula is C22H21FN4O7S. The van der Waals surface area contributed by atoms with Gasteiger partial charge in [-0.05, 0) is 56.3 Å². The smallest absolute Gasteiger partial charge is 0.409 e. The summed E-state index contributed by atoms with van der Waals surface area (Å²) in [5, 5.41) is 17.6. The number of carbonyl (C=O) groups excluding carboxylic acids is 1. The predicted octanol–water partition coefficient (Wildman–Crippen LogP) is 2.91. The van der Waals surface area contributed by atoms with Crippen LogP contribution in [0.25, 0.3) is 0 Å². The number of nitrogens with zero attached hydrogens (tertiary/aromatic N) is 2. The van der Waals surface area contributed by atoms with Crippen molar-refractivity contribution in [1.29, 1.82) is 0 Å². The molecule has 1 atom stereocenters. The van der Waals surface area contributed by atoms with Crippen molar-refractivity contribution in [1.82, 2.24) is 10.5 Å². The molecule has 0 aliphatic carbocycles. The number of anilines is 2. The highest BCUT2D eigenvalue weighted by atomic mass is 32.2. The number of nitrogens with one attached hydrogen (secondary N) is 2. The van der Waals surface area contributed by atoms with Crippen LogP contribution in [-0.2, 0) is 10.0 Å². The standard InChI is InChI=1S/C22H21FN4O7S/c1-12-20(13(2)34-26-12)21(28)24-10-16-11-27(35(31,32)17-6-3-14(23)4-7-17)18-9-15(25-22(29)30)5-8-19(18)33-16/h3-9,16,25H,10-11H2,1-2H3,(H,24,28)(H,29,30). The van der Waals surface area contributed by atoms with Crippen molar-refractivity contribution in [2.75, 3.05) is 22.7 Å². The minimum atomic E-state index is -4.19. The number of fused-ring (bicyclic) bond motifs is 1. The Morgan fingerprint density at radius 3 is 2.54 bits per heavy atom. The van der Waals surface area contributed by atoms with Crippen LogP contribution in [0.4, 0.5) is 20.6 Å². The van der Waals surface area contributed by atoms with Gasteiger partial charge in [-0.2, -0.15) is 0 Å². The summed E-state index contributed by atoms with van der Waals surface area (Å²) >= 11 is 0. The Hall–Kier alpha value is -4.13. The average Bonchev–Trinajstić information content (AvgIpc) is 3.14. The molecule has 4 rings (SSSR count). The van der Waals surface area contributed by atoms with Gasteiger partial charge < -0.3 is 19.7 Å². The maximum atomic E-state index is 13.5. The van der Waals surface area contributed by atoms with E-state index in [1.54, 1.807) is 13.8 Å². The van der Waals surface area contributed by atoms with Crippen LogP contribution >= 0.6 is 0 Å². The lowest BCUT2D eigenvalue weighted by atomic mass is 10.1. The normalized spacial score (nSPS) is 15.2. The maximum absolute atomic E-state index is 13.5. The van der Waals surface area contributed by atoms with Crippen LogP contribution in [0.5, 0.6) is 5.75 Å². The molecule has 0 saturated heterocycles. The fraction of sp³-hybridized carbons (Fsp3) is 0.227. The minimum Gasteiger partial charge on any atom is -0.484 e. The number of carbonyl (C=O) groups is 2. The number of carboxylic acid groups (broad SMARTS) is 1. The van der Waals surface area contributed by atoms with Gasteiger partial charge >= 0.3 is 6.09 Å². The molecule has 0 bridgehead atoms. The molecule has 2 aromatic carbocycles. The van der Waals surface area contributed by atoms with Crippen molar-refractivity contribution in [3.8, 4) is 5.75 Å². The lowest BCUT2D eigenvalue weighted by Gasteiger charge is -2.35. The van der Waals surface area contributed by atoms with Crippen LogP contribution in [-0.4, -0.2) is 49.9 Å². The average molecular weight is 504 g/mol. The number of aryl methyl sites for hydroxylation is 2. The van der Waals surface area contributed by atoms with Gasteiger partial charge in [0.1, 0.15) is 29.0 Å². The minimum absolute atomic E-state index is 0.0487. The molecule has 2 heterocycles. The summed E-state index contributed by atoms with van der Waals surface area (Å²) in [7, 11) is -4.19. The highest BCUT2D eigenvalue weighted by Gasteiger charge is 2.35. The quantitative estimate of drug-likeness (QED) is 0.464. The van der Waals surface area contributed by atoms with Crippen LogP contribution in [0.3, 0.4) is 0 Å². The molecule has 0 fully saturated rings. The Balaban J connectivity index is 1.65. The van der Waals surface area contributed by atoms with E-state index in [2.05, 4.69) is 15.8 Å². The second-order valence-corrected chi connectivity index (χ2v) is 9.61. The Labute approximate surface area is 199 Å². The van der Waals surface area contributed by atoms with Gasteiger partial charge in [0.15, 0.2) is 0 Å². The molecule has 184 valence electrons. The first-order valence-corrected chi connectivity index (χ1v) is 11.8. The number of aromatic nitrogens is 1. The number of halogens is 1. The van der Waals surface area contributed by atoms with E-state index in [-0.39, 0.29) is 40.7 Å². The zero-order valence-corrected chi connectivity index (χ0v) is 19.4. The molecule has 0 spiro atoms. The summed E-state index contributed by atoms with van der Waals surface area (Å²) in [4.78, 5) is 23.5. The van der Waals surface area contributed by atoms with E-state index >= 15 is 0 Å². The Kier molecular flexibility index (Phi) is 6.35. The zero-order chi connectivity index (χ0) is 25.3. The third kappa shape index (κ3) is 4.89. The fourth-order valence-corrected chi connectivity index (χ4v) is 5.18. The molecular weight excluding hydrogens is 483 g/mol. The second kappa shape index (κ2) is 9.25. The van der Waals surface area contributed by atoms with Crippen molar-refractivity contribution >= 4 is 33.4 Å². The van der Waals surface area contributed by atoms with E-state index in [9.17, 15) is 22.4 Å². The third-order valence-electron chi connectivity index (χ3n) is 5.29. The summed E-state index contributed by atoms with van der Waals surface area (Å²) in [6.45, 7) is 2.97. The number of hydrogen-bond donors (Lipinski definition) is 3. The van der Waals surface area contributed by atoms with Crippen molar-refractivity contribution in [2.45, 2.75) is 24.8 Å². The lowest BCUT2D eigenvalue weighted by molar-refractivity contribution is 0.0925. The molecule has 0 saturated carbocycles. The van der Waals surface area contributed by atoms with E-state index in [4.69, 9.17) is 14.4 Å². The summed E-state index contributed by atoms with van der Waals surface area (Å²) in [6, 6.07) is 8.48. The molecule has 35 heavy (non-hydrogen) atoms.